The molecule has 3 nitrogen and oxygen atoms in total. The maximum absolute atomic E-state index is 12.4. The van der Waals surface area contributed by atoms with Crippen molar-refractivity contribution in [2.24, 2.45) is 0 Å². The van der Waals surface area contributed by atoms with Crippen molar-refractivity contribution in [3.8, 4) is 0 Å². The van der Waals surface area contributed by atoms with E-state index in [4.69, 9.17) is 0 Å². The van der Waals surface area contributed by atoms with Crippen molar-refractivity contribution >= 4 is 5.97 Å². The molecule has 0 fully saturated rings. The van der Waals surface area contributed by atoms with Gasteiger partial charge in [0, 0.05) is 6.04 Å². The van der Waals surface area contributed by atoms with E-state index in [-0.39, 0.29) is 6.04 Å². The number of hydrogen-bond donors (Lipinski definition) is 1. The number of hydrogen-bond acceptors (Lipinski definition) is 2. The van der Waals surface area contributed by atoms with Crippen LogP contribution in [0.25, 0.3) is 0 Å². The van der Waals surface area contributed by atoms with E-state index in [1.54, 1.807) is 0 Å². The average Bonchev–Trinajstić information content (AvgIpc) is 2.53. The number of carbonyl (C=O) groups is 1. The molecule has 2 aromatic rings. The molecule has 116 valence electrons. The molecule has 2 rings (SSSR count). The van der Waals surface area contributed by atoms with Crippen LogP contribution in [0.1, 0.15) is 24.5 Å². The lowest BCUT2D eigenvalue weighted by molar-refractivity contribution is -0.142. The Morgan fingerprint density at radius 2 is 1.41 bits per heavy atom. The van der Waals surface area contributed by atoms with Crippen molar-refractivity contribution in [1.82, 2.24) is 4.90 Å². The molecule has 0 aromatic heterocycles. The second kappa shape index (κ2) is 6.75. The molecule has 22 heavy (non-hydrogen) atoms. The number of aliphatic carboxylic acids is 1. The molecule has 2 aromatic carbocycles. The molecule has 0 spiro atoms. The molecule has 0 radical (unpaired) electrons. The van der Waals surface area contributed by atoms with Crippen molar-refractivity contribution in [3.05, 3.63) is 71.8 Å². The molecule has 0 unspecified atom stereocenters. The van der Waals surface area contributed by atoms with Crippen LogP contribution in [0.5, 0.6) is 0 Å². The molecule has 1 atom stereocenters. The Morgan fingerprint density at radius 1 is 1.00 bits per heavy atom. The zero-order chi connectivity index (χ0) is 16.2. The normalized spacial score (nSPS) is 13.1. The minimum Gasteiger partial charge on any atom is -0.480 e. The van der Waals surface area contributed by atoms with Crippen molar-refractivity contribution < 1.29 is 9.90 Å². The van der Waals surface area contributed by atoms with Crippen LogP contribution in [0, 0.1) is 0 Å². The zero-order valence-corrected chi connectivity index (χ0v) is 13.4. The van der Waals surface area contributed by atoms with Crippen molar-refractivity contribution in [2.45, 2.75) is 24.8 Å². The van der Waals surface area contributed by atoms with Crippen molar-refractivity contribution in [2.75, 3.05) is 14.1 Å². The SMILES string of the molecule is C[C@H](CC(C(=O)O)(c1ccccc1)c1ccccc1)N(C)C. The first kappa shape index (κ1) is 16.2. The third kappa shape index (κ3) is 3.04. The number of carboxylic acid groups (broad SMARTS) is 1. The summed E-state index contributed by atoms with van der Waals surface area (Å²) in [4.78, 5) is 14.4. The molecule has 1 N–H and O–H groups in total. The Labute approximate surface area is 132 Å². The molecule has 0 saturated heterocycles. The van der Waals surface area contributed by atoms with Gasteiger partial charge in [-0.1, -0.05) is 60.7 Å². The van der Waals surface area contributed by atoms with E-state index in [1.165, 1.54) is 0 Å². The average molecular weight is 297 g/mol. The fourth-order valence-corrected chi connectivity index (χ4v) is 2.81. The highest BCUT2D eigenvalue weighted by molar-refractivity contribution is 5.86. The first-order chi connectivity index (χ1) is 10.5. The summed E-state index contributed by atoms with van der Waals surface area (Å²) in [5.74, 6) is -0.807. The molecule has 0 heterocycles. The Morgan fingerprint density at radius 3 is 1.73 bits per heavy atom. The lowest BCUT2D eigenvalue weighted by atomic mass is 9.70. The number of nitrogens with zero attached hydrogens (tertiary/aromatic N) is 1. The van der Waals surface area contributed by atoms with Gasteiger partial charge in [0.15, 0.2) is 0 Å². The van der Waals surface area contributed by atoms with Crippen LogP contribution in [0.2, 0.25) is 0 Å². The minimum absolute atomic E-state index is 0.136. The highest BCUT2D eigenvalue weighted by atomic mass is 16.4. The summed E-state index contributed by atoms with van der Waals surface area (Å²) >= 11 is 0. The summed E-state index contributed by atoms with van der Waals surface area (Å²) in [5.41, 5.74) is 0.608. The van der Waals surface area contributed by atoms with Gasteiger partial charge in [-0.05, 0) is 38.6 Å². The van der Waals surface area contributed by atoms with E-state index in [9.17, 15) is 9.90 Å². The summed E-state index contributed by atoms with van der Waals surface area (Å²) < 4.78 is 0. The Hall–Kier alpha value is -2.13. The summed E-state index contributed by atoms with van der Waals surface area (Å²) in [6, 6.07) is 19.2. The zero-order valence-electron chi connectivity index (χ0n) is 13.4. The van der Waals surface area contributed by atoms with E-state index >= 15 is 0 Å². The molecule has 0 saturated carbocycles. The van der Waals surface area contributed by atoms with E-state index < -0.39 is 11.4 Å². The van der Waals surface area contributed by atoms with E-state index in [0.29, 0.717) is 6.42 Å². The summed E-state index contributed by atoms with van der Waals surface area (Å²) in [7, 11) is 3.96. The van der Waals surface area contributed by atoms with Gasteiger partial charge in [0.25, 0.3) is 0 Å². The largest absolute Gasteiger partial charge is 0.480 e. The van der Waals surface area contributed by atoms with Gasteiger partial charge in [-0.3, -0.25) is 4.79 Å². The minimum atomic E-state index is -1.04. The fraction of sp³-hybridized carbons (Fsp3) is 0.316. The van der Waals surface area contributed by atoms with Crippen LogP contribution in [-0.2, 0) is 10.2 Å². The number of rotatable bonds is 6. The molecule has 0 aliphatic rings. The van der Waals surface area contributed by atoms with E-state index in [0.717, 1.165) is 11.1 Å². The van der Waals surface area contributed by atoms with E-state index in [1.807, 2.05) is 74.8 Å². The second-order valence-electron chi connectivity index (χ2n) is 5.96. The number of carboxylic acids is 1. The Kier molecular flexibility index (Phi) is 4.99. The highest BCUT2D eigenvalue weighted by Crippen LogP contribution is 2.37. The van der Waals surface area contributed by atoms with Crippen LogP contribution in [0.15, 0.2) is 60.7 Å². The summed E-state index contributed by atoms with van der Waals surface area (Å²) in [6.45, 7) is 2.06. The maximum atomic E-state index is 12.4. The van der Waals surface area contributed by atoms with Gasteiger partial charge in [-0.15, -0.1) is 0 Å². The fourth-order valence-electron chi connectivity index (χ4n) is 2.81. The van der Waals surface area contributed by atoms with Crippen LogP contribution >= 0.6 is 0 Å². The lowest BCUT2D eigenvalue weighted by Gasteiger charge is -2.35. The molecule has 0 bridgehead atoms. The Balaban J connectivity index is 2.63. The third-order valence-corrected chi connectivity index (χ3v) is 4.38. The van der Waals surface area contributed by atoms with Gasteiger partial charge in [0.1, 0.15) is 5.41 Å². The van der Waals surface area contributed by atoms with Gasteiger partial charge in [0.05, 0.1) is 0 Å². The molecular weight excluding hydrogens is 274 g/mol. The van der Waals surface area contributed by atoms with E-state index in [2.05, 4.69) is 11.8 Å². The van der Waals surface area contributed by atoms with Crippen LogP contribution in [0.3, 0.4) is 0 Å². The first-order valence-electron chi connectivity index (χ1n) is 7.49. The lowest BCUT2D eigenvalue weighted by Crippen LogP contribution is -2.43. The topological polar surface area (TPSA) is 40.5 Å². The maximum Gasteiger partial charge on any atom is 0.318 e. The van der Waals surface area contributed by atoms with Crippen LogP contribution < -0.4 is 0 Å². The second-order valence-corrected chi connectivity index (χ2v) is 5.96. The van der Waals surface area contributed by atoms with Crippen LogP contribution in [0.4, 0.5) is 0 Å². The first-order valence-corrected chi connectivity index (χ1v) is 7.49. The summed E-state index contributed by atoms with van der Waals surface area (Å²) in [5, 5.41) is 10.1. The molecular formula is C19H23NO2. The molecule has 3 heteroatoms. The summed E-state index contributed by atoms with van der Waals surface area (Å²) in [6.07, 6.45) is 0.517. The quantitative estimate of drug-likeness (QED) is 0.888. The third-order valence-electron chi connectivity index (χ3n) is 4.38. The van der Waals surface area contributed by atoms with Crippen LogP contribution in [-0.4, -0.2) is 36.1 Å². The molecule has 0 aliphatic carbocycles. The van der Waals surface area contributed by atoms with Gasteiger partial charge in [-0.25, -0.2) is 0 Å². The van der Waals surface area contributed by atoms with Crippen molar-refractivity contribution in [3.63, 3.8) is 0 Å². The number of benzene rings is 2. The van der Waals surface area contributed by atoms with Crippen molar-refractivity contribution in [1.29, 1.82) is 0 Å². The smallest absolute Gasteiger partial charge is 0.318 e. The van der Waals surface area contributed by atoms with Gasteiger partial charge < -0.3 is 10.0 Å². The predicted molar refractivity (Wildman–Crippen MR) is 89.1 cm³/mol. The monoisotopic (exact) mass is 297 g/mol. The highest BCUT2D eigenvalue weighted by Gasteiger charge is 2.43. The van der Waals surface area contributed by atoms with Gasteiger partial charge in [-0.2, -0.15) is 0 Å². The standard InChI is InChI=1S/C19H23NO2/c1-15(20(2)3)14-19(18(21)22,16-10-6-4-7-11-16)17-12-8-5-9-13-17/h4-13,15H,14H2,1-3H3,(H,21,22)/t15-/m1/s1. The molecule has 0 amide bonds. The Bertz CT molecular complexity index is 568. The predicted octanol–water partition coefficient (Wildman–Crippen LogP) is 3.40. The van der Waals surface area contributed by atoms with Gasteiger partial charge >= 0.3 is 5.97 Å². The van der Waals surface area contributed by atoms with Gasteiger partial charge in [0.2, 0.25) is 0 Å². The molecule has 0 aliphatic heterocycles.